The van der Waals surface area contributed by atoms with E-state index < -0.39 is 0 Å². The van der Waals surface area contributed by atoms with Gasteiger partial charge in [-0.2, -0.15) is 0 Å². The van der Waals surface area contributed by atoms with Crippen molar-refractivity contribution in [1.82, 2.24) is 10.3 Å². The summed E-state index contributed by atoms with van der Waals surface area (Å²) in [4.78, 5) is 16.9. The number of fused-ring (bicyclic) bond motifs is 1. The quantitative estimate of drug-likeness (QED) is 0.567. The monoisotopic (exact) mass is 358 g/mol. The molecule has 5 nitrogen and oxygen atoms in total. The smallest absolute Gasteiger partial charge is 0.251 e. The van der Waals surface area contributed by atoms with Gasteiger partial charge in [0.05, 0.1) is 18.6 Å². The van der Waals surface area contributed by atoms with Gasteiger partial charge >= 0.3 is 0 Å². The first-order chi connectivity index (χ1) is 13.3. The molecule has 4 aromatic rings. The first-order valence-corrected chi connectivity index (χ1v) is 8.65. The number of hydrogen-bond acceptors (Lipinski definition) is 4. The number of carbonyl (C=O) groups is 1. The maximum atomic E-state index is 12.4. The van der Waals surface area contributed by atoms with Crippen LogP contribution in [0.15, 0.2) is 77.5 Å². The van der Waals surface area contributed by atoms with Crippen molar-refractivity contribution < 1.29 is 14.3 Å². The Balaban J connectivity index is 1.50. The lowest BCUT2D eigenvalue weighted by molar-refractivity contribution is 0.0950. The van der Waals surface area contributed by atoms with Gasteiger partial charge in [-0.05, 0) is 35.4 Å². The fraction of sp³-hybridized carbons (Fsp3) is 0.0909. The van der Waals surface area contributed by atoms with Gasteiger partial charge in [-0.25, -0.2) is 0 Å². The first kappa shape index (κ1) is 17.0. The number of rotatable bonds is 5. The summed E-state index contributed by atoms with van der Waals surface area (Å²) in [6, 6.07) is 18.5. The highest BCUT2D eigenvalue weighted by Crippen LogP contribution is 2.27. The molecule has 4 rings (SSSR count). The third-order valence-corrected chi connectivity index (χ3v) is 4.53. The molecule has 0 aliphatic rings. The first-order valence-electron chi connectivity index (χ1n) is 8.65. The van der Waals surface area contributed by atoms with Crippen LogP contribution in [-0.2, 0) is 13.2 Å². The van der Waals surface area contributed by atoms with E-state index in [1.165, 1.54) is 0 Å². The summed E-state index contributed by atoms with van der Waals surface area (Å²) in [6.45, 7) is 0.320. The maximum absolute atomic E-state index is 12.4. The van der Waals surface area contributed by atoms with Gasteiger partial charge in [-0.15, -0.1) is 0 Å². The van der Waals surface area contributed by atoms with Crippen molar-refractivity contribution in [2.75, 3.05) is 0 Å². The van der Waals surface area contributed by atoms with E-state index >= 15 is 0 Å². The molecule has 5 heteroatoms. The van der Waals surface area contributed by atoms with E-state index in [4.69, 9.17) is 4.42 Å². The van der Waals surface area contributed by atoms with Crippen LogP contribution >= 0.6 is 0 Å². The highest BCUT2D eigenvalue weighted by atomic mass is 16.3. The topological polar surface area (TPSA) is 75.4 Å². The summed E-state index contributed by atoms with van der Waals surface area (Å²) >= 11 is 0. The number of pyridine rings is 1. The van der Waals surface area contributed by atoms with Crippen LogP contribution in [0.3, 0.4) is 0 Å². The molecule has 2 aromatic heterocycles. The van der Waals surface area contributed by atoms with Gasteiger partial charge in [0.2, 0.25) is 0 Å². The van der Waals surface area contributed by atoms with Crippen LogP contribution in [0, 0.1) is 0 Å². The van der Waals surface area contributed by atoms with Crippen LogP contribution in [0.25, 0.3) is 22.2 Å². The molecule has 0 spiro atoms. The van der Waals surface area contributed by atoms with Crippen LogP contribution in [0.5, 0.6) is 0 Å². The summed E-state index contributed by atoms with van der Waals surface area (Å²) < 4.78 is 5.41. The molecule has 134 valence electrons. The highest BCUT2D eigenvalue weighted by Gasteiger charge is 2.10. The van der Waals surface area contributed by atoms with Crippen molar-refractivity contribution in [3.05, 3.63) is 89.8 Å². The number of aliphatic hydroxyl groups excluding tert-OH is 1. The van der Waals surface area contributed by atoms with E-state index in [1.807, 2.05) is 48.5 Å². The van der Waals surface area contributed by atoms with Crippen LogP contribution in [0.4, 0.5) is 0 Å². The second-order valence-corrected chi connectivity index (χ2v) is 6.18. The Morgan fingerprint density at radius 2 is 1.78 bits per heavy atom. The molecular formula is C22H18N2O3. The average molecular weight is 358 g/mol. The number of hydrogen-bond donors (Lipinski definition) is 2. The van der Waals surface area contributed by atoms with Crippen LogP contribution in [0.2, 0.25) is 0 Å². The summed E-state index contributed by atoms with van der Waals surface area (Å²) in [5, 5.41) is 13.2. The summed E-state index contributed by atoms with van der Waals surface area (Å²) in [6.07, 6.45) is 3.35. The van der Waals surface area contributed by atoms with Gasteiger partial charge in [0.1, 0.15) is 5.58 Å². The number of aromatic nitrogens is 1. The molecule has 0 aliphatic heterocycles. The molecule has 2 aromatic carbocycles. The zero-order chi connectivity index (χ0) is 18.6. The van der Waals surface area contributed by atoms with E-state index in [2.05, 4.69) is 10.3 Å². The van der Waals surface area contributed by atoms with Crippen molar-refractivity contribution in [3.8, 4) is 11.3 Å². The third kappa shape index (κ3) is 3.45. The second-order valence-electron chi connectivity index (χ2n) is 6.18. The SMILES string of the molecule is O=C(NCc1ccccc1CO)c1ccc(-c2nccc3occc23)cc1. The van der Waals surface area contributed by atoms with Crippen molar-refractivity contribution in [3.63, 3.8) is 0 Å². The Morgan fingerprint density at radius 3 is 2.56 bits per heavy atom. The largest absolute Gasteiger partial charge is 0.464 e. The number of nitrogens with one attached hydrogen (secondary N) is 1. The average Bonchev–Trinajstić information content (AvgIpc) is 3.21. The minimum absolute atomic E-state index is 0.0483. The third-order valence-electron chi connectivity index (χ3n) is 4.53. The second kappa shape index (κ2) is 7.43. The van der Waals surface area contributed by atoms with Gasteiger partial charge in [0.25, 0.3) is 5.91 Å². The predicted molar refractivity (Wildman–Crippen MR) is 103 cm³/mol. The van der Waals surface area contributed by atoms with Gasteiger partial charge in [-0.1, -0.05) is 36.4 Å². The molecule has 0 aliphatic carbocycles. The fourth-order valence-electron chi connectivity index (χ4n) is 3.07. The molecule has 0 bridgehead atoms. The number of amides is 1. The normalized spacial score (nSPS) is 10.9. The van der Waals surface area contributed by atoms with E-state index in [0.717, 1.165) is 33.4 Å². The minimum atomic E-state index is -0.163. The Morgan fingerprint density at radius 1 is 1.00 bits per heavy atom. The zero-order valence-corrected chi connectivity index (χ0v) is 14.6. The number of carbonyl (C=O) groups excluding carboxylic acids is 1. The van der Waals surface area contributed by atoms with Crippen LogP contribution < -0.4 is 5.32 Å². The fourth-order valence-corrected chi connectivity index (χ4v) is 3.07. The molecule has 27 heavy (non-hydrogen) atoms. The standard InChI is InChI=1S/C22H18N2O3/c25-14-18-4-2-1-3-17(18)13-24-22(26)16-7-5-15(6-8-16)21-19-10-12-27-20(19)9-11-23-21/h1-12,25H,13-14H2,(H,24,26). The molecule has 0 atom stereocenters. The lowest BCUT2D eigenvalue weighted by Gasteiger charge is -2.09. The molecular weight excluding hydrogens is 340 g/mol. The Labute approximate surface area is 156 Å². The van der Waals surface area contributed by atoms with Crippen molar-refractivity contribution in [2.24, 2.45) is 0 Å². The van der Waals surface area contributed by atoms with Crippen molar-refractivity contribution in [1.29, 1.82) is 0 Å². The van der Waals surface area contributed by atoms with Crippen LogP contribution in [-0.4, -0.2) is 16.0 Å². The Hall–Kier alpha value is -3.44. The predicted octanol–water partition coefficient (Wildman–Crippen LogP) is 3.92. The van der Waals surface area contributed by atoms with Gasteiger partial charge in [-0.3, -0.25) is 9.78 Å². The van der Waals surface area contributed by atoms with Gasteiger partial charge < -0.3 is 14.8 Å². The molecule has 2 N–H and O–H groups in total. The Bertz CT molecular complexity index is 1080. The van der Waals surface area contributed by atoms with Crippen LogP contribution in [0.1, 0.15) is 21.5 Å². The molecule has 0 radical (unpaired) electrons. The van der Waals surface area contributed by atoms with Gasteiger partial charge in [0.15, 0.2) is 0 Å². The van der Waals surface area contributed by atoms with E-state index in [-0.39, 0.29) is 12.5 Å². The number of furan rings is 1. The number of benzene rings is 2. The number of nitrogens with zero attached hydrogens (tertiary/aromatic N) is 1. The highest BCUT2D eigenvalue weighted by molar-refractivity contribution is 5.96. The van der Waals surface area contributed by atoms with Gasteiger partial charge in [0, 0.05) is 29.3 Å². The molecule has 1 amide bonds. The minimum Gasteiger partial charge on any atom is -0.464 e. The summed E-state index contributed by atoms with van der Waals surface area (Å²) in [7, 11) is 0. The summed E-state index contributed by atoms with van der Waals surface area (Å²) in [5.41, 5.74) is 4.81. The van der Waals surface area contributed by atoms with E-state index in [9.17, 15) is 9.90 Å². The molecule has 0 saturated heterocycles. The molecule has 0 unspecified atom stereocenters. The number of aliphatic hydroxyl groups is 1. The Kier molecular flexibility index (Phi) is 4.68. The molecule has 0 saturated carbocycles. The lowest BCUT2D eigenvalue weighted by Crippen LogP contribution is -2.23. The summed E-state index contributed by atoms with van der Waals surface area (Å²) in [5.74, 6) is -0.163. The van der Waals surface area contributed by atoms with Crippen molar-refractivity contribution >= 4 is 16.9 Å². The van der Waals surface area contributed by atoms with E-state index in [0.29, 0.717) is 12.1 Å². The molecule has 0 fully saturated rings. The van der Waals surface area contributed by atoms with Crippen molar-refractivity contribution in [2.45, 2.75) is 13.2 Å². The lowest BCUT2D eigenvalue weighted by atomic mass is 10.1. The molecule has 2 heterocycles. The zero-order valence-electron chi connectivity index (χ0n) is 14.6. The van der Waals surface area contributed by atoms with E-state index in [1.54, 1.807) is 24.6 Å². The maximum Gasteiger partial charge on any atom is 0.251 e.